The van der Waals surface area contributed by atoms with Crippen LogP contribution in [0, 0.1) is 5.82 Å². The molecule has 1 heterocycles. The topological polar surface area (TPSA) is 104 Å². The van der Waals surface area contributed by atoms with Gasteiger partial charge in [0, 0.05) is 26.4 Å². The molecule has 12 heteroatoms. The van der Waals surface area contributed by atoms with Crippen molar-refractivity contribution >= 4 is 29.5 Å². The van der Waals surface area contributed by atoms with Crippen molar-refractivity contribution in [2.75, 3.05) is 32.3 Å². The Kier molecular flexibility index (Phi) is 9.66. The van der Waals surface area contributed by atoms with Gasteiger partial charge in [-0.25, -0.2) is 9.18 Å². The van der Waals surface area contributed by atoms with Crippen LogP contribution in [-0.2, 0) is 14.4 Å². The van der Waals surface area contributed by atoms with E-state index in [1.165, 1.54) is 17.0 Å². The highest BCUT2D eigenvalue weighted by atomic mass is 32.2. The number of rotatable bonds is 5. The van der Waals surface area contributed by atoms with Crippen LogP contribution in [-0.4, -0.2) is 77.2 Å². The van der Waals surface area contributed by atoms with E-state index in [0.717, 1.165) is 16.9 Å². The summed E-state index contributed by atoms with van der Waals surface area (Å²) < 4.78 is 44.9. The average molecular weight is 516 g/mol. The standard InChI is InChI=1S/C21H24FN3O2S.C2HF3O2/c1-24(2)20(26)18(19(23)21(27)25-11-12-28-13-25)16-5-3-14(4-6-16)15-7-9-17(22)10-8-15;3-2(4,5)1(6)7/h3-10,18-19H,11-13,23H2,1-2H3;(H,6,7)/t18-,19-;/m0./s1. The van der Waals surface area contributed by atoms with E-state index < -0.39 is 24.1 Å². The number of nitrogens with zero attached hydrogens (tertiary/aromatic N) is 2. The summed E-state index contributed by atoms with van der Waals surface area (Å²) in [5.74, 6) is -2.71. The van der Waals surface area contributed by atoms with Gasteiger partial charge in [0.15, 0.2) is 0 Å². The van der Waals surface area contributed by atoms with Gasteiger partial charge < -0.3 is 20.6 Å². The molecule has 2 aromatic carbocycles. The van der Waals surface area contributed by atoms with Crippen LogP contribution in [0.4, 0.5) is 17.6 Å². The molecule has 2 atom stereocenters. The van der Waals surface area contributed by atoms with E-state index in [-0.39, 0.29) is 17.6 Å². The minimum atomic E-state index is -5.08. The molecule has 0 unspecified atom stereocenters. The first-order valence-electron chi connectivity index (χ1n) is 10.3. The number of benzene rings is 2. The predicted octanol–water partition coefficient (Wildman–Crippen LogP) is 3.16. The third-order valence-electron chi connectivity index (χ3n) is 5.11. The molecule has 2 aromatic rings. The number of carboxylic acids is 1. The average Bonchev–Trinajstić information content (AvgIpc) is 3.34. The first-order chi connectivity index (χ1) is 16.3. The van der Waals surface area contributed by atoms with Crippen molar-refractivity contribution in [1.29, 1.82) is 0 Å². The van der Waals surface area contributed by atoms with Gasteiger partial charge in [0.1, 0.15) is 11.9 Å². The van der Waals surface area contributed by atoms with Crippen molar-refractivity contribution < 1.29 is 37.1 Å². The summed E-state index contributed by atoms with van der Waals surface area (Å²) in [7, 11) is 3.32. The maximum Gasteiger partial charge on any atom is 0.490 e. The van der Waals surface area contributed by atoms with Gasteiger partial charge in [-0.15, -0.1) is 11.8 Å². The Morgan fingerprint density at radius 2 is 1.51 bits per heavy atom. The van der Waals surface area contributed by atoms with Gasteiger partial charge in [-0.2, -0.15) is 13.2 Å². The molecule has 0 spiro atoms. The summed E-state index contributed by atoms with van der Waals surface area (Å²) in [6, 6.07) is 12.6. The number of hydrogen-bond donors (Lipinski definition) is 2. The Morgan fingerprint density at radius 3 is 1.91 bits per heavy atom. The first-order valence-corrected chi connectivity index (χ1v) is 11.5. The first kappa shape index (κ1) is 28.1. The summed E-state index contributed by atoms with van der Waals surface area (Å²) in [6.45, 7) is 0.656. The van der Waals surface area contributed by atoms with E-state index in [4.69, 9.17) is 15.6 Å². The molecule has 35 heavy (non-hydrogen) atoms. The molecule has 0 bridgehead atoms. The van der Waals surface area contributed by atoms with Gasteiger partial charge in [0.25, 0.3) is 0 Å². The summed E-state index contributed by atoms with van der Waals surface area (Å²) in [5.41, 5.74) is 8.75. The lowest BCUT2D eigenvalue weighted by Crippen LogP contribution is -2.50. The number of thioether (sulfide) groups is 1. The largest absolute Gasteiger partial charge is 0.490 e. The van der Waals surface area contributed by atoms with E-state index in [1.54, 1.807) is 42.9 Å². The van der Waals surface area contributed by atoms with Crippen LogP contribution in [0.5, 0.6) is 0 Å². The van der Waals surface area contributed by atoms with Crippen LogP contribution in [0.25, 0.3) is 11.1 Å². The second kappa shape index (κ2) is 12.0. The SMILES string of the molecule is CN(C)C(=O)[C@@H](c1ccc(-c2ccc(F)cc2)cc1)[C@H](N)C(=O)N1CCSC1.O=C(O)C(F)(F)F. The molecule has 0 aliphatic carbocycles. The maximum absolute atomic E-state index is 13.1. The number of carboxylic acid groups (broad SMARTS) is 1. The van der Waals surface area contributed by atoms with E-state index in [1.807, 2.05) is 24.3 Å². The number of amides is 2. The Balaban J connectivity index is 0.000000540. The van der Waals surface area contributed by atoms with Crippen molar-refractivity contribution in [3.8, 4) is 11.1 Å². The fourth-order valence-corrected chi connectivity index (χ4v) is 4.20. The van der Waals surface area contributed by atoms with Crippen LogP contribution in [0.3, 0.4) is 0 Å². The van der Waals surface area contributed by atoms with Gasteiger partial charge in [-0.1, -0.05) is 36.4 Å². The molecular weight excluding hydrogens is 490 g/mol. The molecule has 0 aromatic heterocycles. The fourth-order valence-electron chi connectivity index (χ4n) is 3.25. The summed E-state index contributed by atoms with van der Waals surface area (Å²) >= 11 is 1.68. The number of alkyl halides is 3. The van der Waals surface area contributed by atoms with Gasteiger partial charge in [-0.05, 0) is 28.8 Å². The fraction of sp³-hybridized carbons (Fsp3) is 0.348. The molecular formula is C23H25F4N3O4S. The quantitative estimate of drug-likeness (QED) is 0.593. The van der Waals surface area contributed by atoms with Crippen LogP contribution >= 0.6 is 11.8 Å². The lowest BCUT2D eigenvalue weighted by Gasteiger charge is -2.28. The van der Waals surface area contributed by atoms with Crippen molar-refractivity contribution in [3.63, 3.8) is 0 Å². The number of aliphatic carboxylic acids is 1. The van der Waals surface area contributed by atoms with E-state index in [9.17, 15) is 27.2 Å². The van der Waals surface area contributed by atoms with Crippen molar-refractivity contribution in [2.24, 2.45) is 5.73 Å². The molecule has 1 fully saturated rings. The maximum atomic E-state index is 13.1. The third kappa shape index (κ3) is 7.69. The molecule has 0 saturated carbocycles. The van der Waals surface area contributed by atoms with E-state index in [0.29, 0.717) is 18.0 Å². The van der Waals surface area contributed by atoms with Crippen LogP contribution in [0.2, 0.25) is 0 Å². The number of carbonyl (C=O) groups excluding carboxylic acids is 2. The van der Waals surface area contributed by atoms with Crippen molar-refractivity contribution in [1.82, 2.24) is 9.80 Å². The van der Waals surface area contributed by atoms with E-state index >= 15 is 0 Å². The van der Waals surface area contributed by atoms with Crippen molar-refractivity contribution in [2.45, 2.75) is 18.1 Å². The van der Waals surface area contributed by atoms with E-state index in [2.05, 4.69) is 0 Å². The smallest absolute Gasteiger partial charge is 0.475 e. The molecule has 190 valence electrons. The molecule has 3 N–H and O–H groups in total. The molecule has 1 aliphatic rings. The number of hydrogen-bond acceptors (Lipinski definition) is 5. The molecule has 1 saturated heterocycles. The van der Waals surface area contributed by atoms with Crippen LogP contribution in [0.1, 0.15) is 11.5 Å². The number of carbonyl (C=O) groups is 3. The zero-order valence-electron chi connectivity index (χ0n) is 19.0. The second-order valence-corrected chi connectivity index (χ2v) is 8.88. The van der Waals surface area contributed by atoms with Gasteiger partial charge in [0.05, 0.1) is 11.8 Å². The Morgan fingerprint density at radius 1 is 1.03 bits per heavy atom. The minimum Gasteiger partial charge on any atom is -0.475 e. The van der Waals surface area contributed by atoms with Crippen LogP contribution in [0.15, 0.2) is 48.5 Å². The number of nitrogens with two attached hydrogens (primary N) is 1. The molecule has 2 amide bonds. The molecule has 7 nitrogen and oxygen atoms in total. The summed E-state index contributed by atoms with van der Waals surface area (Å²) in [6.07, 6.45) is -5.08. The summed E-state index contributed by atoms with van der Waals surface area (Å²) in [4.78, 5) is 37.7. The van der Waals surface area contributed by atoms with Crippen molar-refractivity contribution in [3.05, 3.63) is 59.9 Å². The Labute approximate surface area is 203 Å². The minimum absolute atomic E-state index is 0.201. The van der Waals surface area contributed by atoms with Gasteiger partial charge in [-0.3, -0.25) is 9.59 Å². The zero-order chi connectivity index (χ0) is 26.3. The Hall–Kier alpha value is -3.12. The highest BCUT2D eigenvalue weighted by molar-refractivity contribution is 7.99. The normalized spacial score (nSPS) is 15.0. The third-order valence-corrected chi connectivity index (χ3v) is 6.07. The number of likely N-dealkylation sites (N-methyl/N-ethyl adjacent to an activating group) is 1. The van der Waals surface area contributed by atoms with Gasteiger partial charge >= 0.3 is 12.1 Å². The predicted molar refractivity (Wildman–Crippen MR) is 124 cm³/mol. The molecule has 1 aliphatic heterocycles. The van der Waals surface area contributed by atoms with Crippen LogP contribution < -0.4 is 5.73 Å². The molecule has 3 rings (SSSR count). The molecule has 0 radical (unpaired) electrons. The monoisotopic (exact) mass is 515 g/mol. The highest BCUT2D eigenvalue weighted by Gasteiger charge is 2.38. The number of halogens is 4. The zero-order valence-corrected chi connectivity index (χ0v) is 19.8. The second-order valence-electron chi connectivity index (χ2n) is 7.81. The highest BCUT2D eigenvalue weighted by Crippen LogP contribution is 2.27. The van der Waals surface area contributed by atoms with Gasteiger partial charge in [0.2, 0.25) is 11.8 Å². The Bertz CT molecular complexity index is 1020. The lowest BCUT2D eigenvalue weighted by atomic mass is 9.88. The summed E-state index contributed by atoms with van der Waals surface area (Å²) in [5, 5.41) is 7.12. The lowest BCUT2D eigenvalue weighted by molar-refractivity contribution is -0.192.